The van der Waals surface area contributed by atoms with Crippen LogP contribution in [0.15, 0.2) is 11.4 Å². The average Bonchev–Trinajstić information content (AvgIpc) is 2.60. The van der Waals surface area contributed by atoms with Gasteiger partial charge >= 0.3 is 6.09 Å². The van der Waals surface area contributed by atoms with Crippen molar-refractivity contribution in [1.82, 2.24) is 5.32 Å². The van der Waals surface area contributed by atoms with E-state index >= 15 is 0 Å². The number of thiophene rings is 1. The third-order valence-electron chi connectivity index (χ3n) is 1.73. The quantitative estimate of drug-likeness (QED) is 0.450. The molecular weight excluding hydrogens is 256 g/mol. The molecule has 4 nitrogen and oxygen atoms in total. The van der Waals surface area contributed by atoms with Crippen LogP contribution in [0, 0.1) is 5.41 Å². The van der Waals surface area contributed by atoms with E-state index in [4.69, 9.17) is 10.1 Å². The molecule has 0 aliphatic carbocycles. The molecule has 0 aromatic carbocycles. The van der Waals surface area contributed by atoms with Gasteiger partial charge in [0.05, 0.1) is 11.6 Å². The highest BCUT2D eigenvalue weighted by molar-refractivity contribution is 7.97. The SMILES string of the molecule is CC(C)(C)OC(=O)NCc1cc(C(=N)S)cs1. The summed E-state index contributed by atoms with van der Waals surface area (Å²) in [7, 11) is 0. The second kappa shape index (κ2) is 5.55. The Labute approximate surface area is 110 Å². The number of nitrogens with one attached hydrogen (secondary N) is 2. The highest BCUT2D eigenvalue weighted by Gasteiger charge is 2.15. The molecule has 94 valence electrons. The monoisotopic (exact) mass is 272 g/mol. The zero-order chi connectivity index (χ0) is 13.1. The number of thiol groups is 1. The minimum Gasteiger partial charge on any atom is -0.444 e. The van der Waals surface area contributed by atoms with E-state index < -0.39 is 11.7 Å². The molecule has 0 spiro atoms. The van der Waals surface area contributed by atoms with Crippen LogP contribution in [0.4, 0.5) is 4.79 Å². The number of carbonyl (C=O) groups excluding carboxylic acids is 1. The summed E-state index contributed by atoms with van der Waals surface area (Å²) in [6.07, 6.45) is -0.437. The molecule has 1 aromatic heterocycles. The number of ether oxygens (including phenoxy) is 1. The highest BCUT2D eigenvalue weighted by Crippen LogP contribution is 2.16. The molecule has 1 rings (SSSR count). The highest BCUT2D eigenvalue weighted by atomic mass is 32.1. The van der Waals surface area contributed by atoms with Crippen LogP contribution in [0.2, 0.25) is 0 Å². The fourth-order valence-electron chi connectivity index (χ4n) is 1.07. The maximum Gasteiger partial charge on any atom is 0.407 e. The van der Waals surface area contributed by atoms with E-state index in [9.17, 15) is 4.79 Å². The molecule has 1 aromatic rings. The molecule has 2 N–H and O–H groups in total. The summed E-state index contributed by atoms with van der Waals surface area (Å²) < 4.78 is 5.11. The standard InChI is InChI=1S/C11H16N2O2S2/c1-11(2,3)15-10(14)13-5-8-4-7(6-17-8)9(12)16/h4,6H,5H2,1-3H3,(H2,12,16)(H,13,14). The molecule has 1 heterocycles. The molecule has 0 atom stereocenters. The minimum absolute atomic E-state index is 0.227. The molecule has 0 aliphatic rings. The molecule has 0 saturated carbocycles. The summed E-state index contributed by atoms with van der Waals surface area (Å²) in [5.41, 5.74) is 0.275. The second-order valence-corrected chi connectivity index (χ2v) is 5.95. The Morgan fingerprint density at radius 3 is 2.71 bits per heavy atom. The molecule has 0 bridgehead atoms. The van der Waals surface area contributed by atoms with Crippen molar-refractivity contribution < 1.29 is 9.53 Å². The van der Waals surface area contributed by atoms with Gasteiger partial charge in [0.15, 0.2) is 0 Å². The fraction of sp³-hybridized carbons (Fsp3) is 0.455. The summed E-state index contributed by atoms with van der Waals surface area (Å²) in [4.78, 5) is 12.3. The molecular formula is C11H16N2O2S2. The Morgan fingerprint density at radius 2 is 2.24 bits per heavy atom. The van der Waals surface area contributed by atoms with Crippen LogP contribution in [-0.4, -0.2) is 16.7 Å². The zero-order valence-electron chi connectivity index (χ0n) is 10.0. The van der Waals surface area contributed by atoms with Gasteiger partial charge in [-0.15, -0.1) is 24.0 Å². The first-order chi connectivity index (χ1) is 7.78. The van der Waals surface area contributed by atoms with Gasteiger partial charge in [-0.1, -0.05) is 0 Å². The minimum atomic E-state index is -0.488. The molecule has 0 saturated heterocycles. The Bertz CT molecular complexity index is 421. The first-order valence-corrected chi connectivity index (χ1v) is 6.43. The van der Waals surface area contributed by atoms with E-state index in [1.54, 1.807) is 0 Å². The lowest BCUT2D eigenvalue weighted by molar-refractivity contribution is 0.0524. The van der Waals surface area contributed by atoms with Crippen molar-refractivity contribution in [2.24, 2.45) is 0 Å². The maximum atomic E-state index is 11.4. The predicted molar refractivity (Wildman–Crippen MR) is 73.2 cm³/mol. The van der Waals surface area contributed by atoms with Crippen molar-refractivity contribution >= 4 is 35.1 Å². The maximum absolute atomic E-state index is 11.4. The number of alkyl carbamates (subject to hydrolysis) is 1. The van der Waals surface area contributed by atoms with Crippen LogP contribution in [0.5, 0.6) is 0 Å². The van der Waals surface area contributed by atoms with Gasteiger partial charge in [0, 0.05) is 15.8 Å². The van der Waals surface area contributed by atoms with E-state index in [1.807, 2.05) is 32.2 Å². The van der Waals surface area contributed by atoms with Crippen molar-refractivity contribution in [3.05, 3.63) is 21.9 Å². The van der Waals surface area contributed by atoms with E-state index in [-0.39, 0.29) is 5.04 Å². The van der Waals surface area contributed by atoms with Crippen molar-refractivity contribution in [3.63, 3.8) is 0 Å². The fourth-order valence-corrected chi connectivity index (χ4v) is 2.10. The lowest BCUT2D eigenvalue weighted by atomic mass is 10.2. The van der Waals surface area contributed by atoms with Crippen LogP contribution in [0.3, 0.4) is 0 Å². The molecule has 0 radical (unpaired) electrons. The first-order valence-electron chi connectivity index (χ1n) is 5.10. The van der Waals surface area contributed by atoms with Gasteiger partial charge in [-0.25, -0.2) is 4.79 Å². The van der Waals surface area contributed by atoms with Gasteiger partial charge in [0.2, 0.25) is 0 Å². The lowest BCUT2D eigenvalue weighted by Gasteiger charge is -2.19. The summed E-state index contributed by atoms with van der Waals surface area (Å²) in [5.74, 6) is 0. The molecule has 1 amide bonds. The van der Waals surface area contributed by atoms with Crippen molar-refractivity contribution in [2.75, 3.05) is 0 Å². The van der Waals surface area contributed by atoms with Crippen molar-refractivity contribution in [1.29, 1.82) is 5.41 Å². The van der Waals surface area contributed by atoms with Crippen molar-refractivity contribution in [3.8, 4) is 0 Å². The van der Waals surface area contributed by atoms with Gasteiger partial charge in [-0.05, 0) is 26.8 Å². The van der Waals surface area contributed by atoms with Crippen molar-refractivity contribution in [2.45, 2.75) is 32.9 Å². The number of hydrogen-bond acceptors (Lipinski definition) is 4. The summed E-state index contributed by atoms with van der Waals surface area (Å²) in [6.45, 7) is 5.86. The van der Waals surface area contributed by atoms with Crippen LogP contribution in [0.1, 0.15) is 31.2 Å². The van der Waals surface area contributed by atoms with Crippen LogP contribution < -0.4 is 5.32 Å². The van der Waals surface area contributed by atoms with Gasteiger partial charge in [0.25, 0.3) is 0 Å². The number of hydrogen-bond donors (Lipinski definition) is 3. The average molecular weight is 272 g/mol. The first kappa shape index (κ1) is 14.1. The third-order valence-corrected chi connectivity index (χ3v) is 2.93. The van der Waals surface area contributed by atoms with Crippen LogP contribution >= 0.6 is 24.0 Å². The molecule has 17 heavy (non-hydrogen) atoms. The van der Waals surface area contributed by atoms with Gasteiger partial charge < -0.3 is 10.1 Å². The zero-order valence-corrected chi connectivity index (χ0v) is 11.7. The molecule has 0 fully saturated rings. The lowest BCUT2D eigenvalue weighted by Crippen LogP contribution is -2.31. The third kappa shape index (κ3) is 5.23. The normalized spacial score (nSPS) is 11.1. The predicted octanol–water partition coefficient (Wildman–Crippen LogP) is 3.03. The van der Waals surface area contributed by atoms with E-state index in [0.29, 0.717) is 6.54 Å². The van der Waals surface area contributed by atoms with E-state index in [0.717, 1.165) is 10.4 Å². The van der Waals surface area contributed by atoms with Gasteiger partial charge in [0.1, 0.15) is 5.60 Å². The summed E-state index contributed by atoms with van der Waals surface area (Å²) in [5, 5.41) is 12.1. The molecule has 0 aliphatic heterocycles. The van der Waals surface area contributed by atoms with Gasteiger partial charge in [-0.2, -0.15) is 0 Å². The Balaban J connectivity index is 2.45. The van der Waals surface area contributed by atoms with Crippen LogP contribution in [0.25, 0.3) is 0 Å². The Morgan fingerprint density at radius 1 is 1.59 bits per heavy atom. The summed E-state index contributed by atoms with van der Waals surface area (Å²) in [6, 6.07) is 1.83. The molecule has 6 heteroatoms. The Hall–Kier alpha value is -1.01. The number of carbonyl (C=O) groups is 1. The van der Waals surface area contributed by atoms with Gasteiger partial charge in [-0.3, -0.25) is 5.41 Å². The largest absolute Gasteiger partial charge is 0.444 e. The smallest absolute Gasteiger partial charge is 0.407 e. The second-order valence-electron chi connectivity index (χ2n) is 4.51. The van der Waals surface area contributed by atoms with E-state index in [1.165, 1.54) is 11.3 Å². The number of rotatable bonds is 3. The van der Waals surface area contributed by atoms with Crippen LogP contribution in [-0.2, 0) is 11.3 Å². The number of amides is 1. The molecule has 0 unspecified atom stereocenters. The van der Waals surface area contributed by atoms with E-state index in [2.05, 4.69) is 17.9 Å². The Kier molecular flexibility index (Phi) is 4.59. The topological polar surface area (TPSA) is 62.2 Å². The summed E-state index contributed by atoms with van der Waals surface area (Å²) >= 11 is 5.42.